The van der Waals surface area contributed by atoms with Crippen molar-refractivity contribution in [2.24, 2.45) is 0 Å². The lowest BCUT2D eigenvalue weighted by Crippen LogP contribution is -2.70. The lowest BCUT2D eigenvalue weighted by atomic mass is 9.94. The summed E-state index contributed by atoms with van der Waals surface area (Å²) in [5, 5.41) is 127. The van der Waals surface area contributed by atoms with Crippen molar-refractivity contribution < 1.29 is 110 Å². The largest absolute Gasteiger partial charge is 0.479 e. The molecule has 2 amide bonds. The molecule has 0 aromatic heterocycles. The van der Waals surface area contributed by atoms with Gasteiger partial charge in [0, 0.05) is 20.4 Å². The number of aliphatic hydroxyl groups is 10. The second-order valence-electron chi connectivity index (χ2n) is 11.8. The Hall–Kier alpha value is -2.76. The van der Waals surface area contributed by atoms with Gasteiger partial charge in [0.2, 0.25) is 11.8 Å². The Kier molecular flexibility index (Phi) is 14.7. The van der Waals surface area contributed by atoms with Gasteiger partial charge in [-0.25, -0.2) is 9.59 Å². The predicted molar refractivity (Wildman–Crippen MR) is 154 cm³/mol. The quantitative estimate of drug-likeness (QED) is 0.0739. The highest BCUT2D eigenvalue weighted by Gasteiger charge is 2.56. The van der Waals surface area contributed by atoms with Crippen molar-refractivity contribution in [2.45, 2.75) is 124 Å². The Morgan fingerprint density at radius 1 is 0.725 bits per heavy atom. The topological polar surface area (TPSA) is 390 Å². The molecule has 24 nitrogen and oxygen atoms in total. The smallest absolute Gasteiger partial charge is 0.335 e. The van der Waals surface area contributed by atoms with Crippen LogP contribution in [0.2, 0.25) is 0 Å². The van der Waals surface area contributed by atoms with Crippen LogP contribution in [0.1, 0.15) is 15.2 Å². The summed E-state index contributed by atoms with van der Waals surface area (Å²) in [7, 11) is 0. The van der Waals surface area contributed by atoms with Gasteiger partial charge in [-0.15, -0.1) is 0 Å². The molecule has 3 aliphatic rings. The monoisotopic (exact) mass is 749 g/mol. The number of carbonyl (C=O) groups is 4. The van der Waals surface area contributed by atoms with Gasteiger partial charge in [0.25, 0.3) is 0 Å². The Bertz CT molecular complexity index is 1240. The van der Waals surface area contributed by atoms with Crippen LogP contribution >= 0.6 is 0 Å². The molecule has 3 heterocycles. The number of ether oxygens (including phenoxy) is 6. The van der Waals surface area contributed by atoms with Crippen molar-refractivity contribution in [1.82, 2.24) is 10.6 Å². The summed E-state index contributed by atoms with van der Waals surface area (Å²) >= 11 is 0. The summed E-state index contributed by atoms with van der Waals surface area (Å²) in [6.45, 7) is -2.09. The summed E-state index contributed by atoms with van der Waals surface area (Å²) in [6, 6.07) is -1.81. The van der Waals surface area contributed by atoms with Crippen LogP contribution in [0.4, 0.5) is 0 Å². The summed E-state index contributed by atoms with van der Waals surface area (Å²) in [5.41, 5.74) is 0. The fourth-order valence-electron chi connectivity index (χ4n) is 5.41. The van der Waals surface area contributed by atoms with Crippen LogP contribution in [-0.2, 0) is 47.6 Å². The summed E-state index contributed by atoms with van der Waals surface area (Å²) in [4.78, 5) is 47.8. The van der Waals surface area contributed by atoms with E-state index >= 15 is 0 Å². The Balaban J connectivity index is 1.94. The zero-order valence-electron chi connectivity index (χ0n) is 27.8. The molecule has 14 N–H and O–H groups in total. The molecule has 24 heteroatoms. The number of carboxylic acids is 2. The first kappa shape index (κ1) is 41.0. The zero-order valence-corrected chi connectivity index (χ0v) is 26.8. The maximum atomic E-state index is 12.4. The molecule has 294 valence electrons. The molecule has 0 bridgehead atoms. The van der Waals surface area contributed by atoms with Crippen LogP contribution < -0.4 is 10.6 Å². The minimum absolute atomic E-state index is 0.823. The first-order chi connectivity index (χ1) is 24.2. The van der Waals surface area contributed by atoms with Gasteiger partial charge in [0.05, 0.1) is 14.6 Å². The van der Waals surface area contributed by atoms with Gasteiger partial charge in [0.1, 0.15) is 79.3 Å². The number of aliphatic carboxylic acids is 2. The van der Waals surface area contributed by atoms with Crippen molar-refractivity contribution >= 4 is 23.8 Å². The van der Waals surface area contributed by atoms with E-state index in [0.717, 1.165) is 13.8 Å². The third-order valence-electron chi connectivity index (χ3n) is 8.07. The molecule has 0 spiro atoms. The van der Waals surface area contributed by atoms with E-state index in [4.69, 9.17) is 29.8 Å². The van der Waals surface area contributed by atoms with E-state index in [-0.39, 0.29) is 0 Å². The Morgan fingerprint density at radius 3 is 1.82 bits per heavy atom. The molecule has 0 saturated carbocycles. The van der Waals surface area contributed by atoms with Crippen molar-refractivity contribution in [3.05, 3.63) is 0 Å². The summed E-state index contributed by atoms with van der Waals surface area (Å²) in [6.07, 6.45) is -36.1. The van der Waals surface area contributed by atoms with Crippen molar-refractivity contribution in [3.8, 4) is 0 Å². The molecular weight excluding hydrogens is 704 g/mol. The molecule has 3 rings (SSSR count). The number of aliphatic hydroxyl groups excluding tert-OH is 10. The van der Waals surface area contributed by atoms with Gasteiger partial charge in [-0.1, -0.05) is 0 Å². The average Bonchev–Trinajstić information content (AvgIpc) is 3.07. The van der Waals surface area contributed by atoms with E-state index in [1.165, 1.54) is 0 Å². The average molecular weight is 750 g/mol. The van der Waals surface area contributed by atoms with Crippen LogP contribution in [0, 0.1) is 0 Å². The van der Waals surface area contributed by atoms with Gasteiger partial charge in [-0.05, 0) is 0 Å². The number of amides is 2. The minimum atomic E-state index is -2.35. The molecule has 0 radical (unpaired) electrons. The summed E-state index contributed by atoms with van der Waals surface area (Å²) < 4.78 is 40.6. The first-order valence-corrected chi connectivity index (χ1v) is 15.3. The van der Waals surface area contributed by atoms with E-state index < -0.39 is 154 Å². The highest BCUT2D eigenvalue weighted by Crippen LogP contribution is 2.33. The molecule has 3 fully saturated rings. The van der Waals surface area contributed by atoms with Gasteiger partial charge in [-0.3, -0.25) is 9.59 Å². The van der Waals surface area contributed by atoms with Crippen LogP contribution in [0.3, 0.4) is 0 Å². The number of carboxylic acid groups (broad SMARTS) is 2. The van der Waals surface area contributed by atoms with Gasteiger partial charge in [0.15, 0.2) is 31.1 Å². The number of hydrogen-bond acceptors (Lipinski definition) is 20. The minimum Gasteiger partial charge on any atom is -0.479 e. The van der Waals surface area contributed by atoms with Crippen LogP contribution in [0.5, 0.6) is 0 Å². The highest BCUT2D eigenvalue weighted by molar-refractivity contribution is 5.74. The molecule has 0 aliphatic carbocycles. The number of nitrogens with one attached hydrogen (secondary N) is 2. The third-order valence-corrected chi connectivity index (χ3v) is 8.07. The van der Waals surface area contributed by atoms with Crippen LogP contribution in [0.15, 0.2) is 0 Å². The molecule has 0 aromatic carbocycles. The van der Waals surface area contributed by atoms with E-state index in [1.54, 1.807) is 0 Å². The van der Waals surface area contributed by atoms with Gasteiger partial charge >= 0.3 is 11.9 Å². The van der Waals surface area contributed by atoms with E-state index in [9.17, 15) is 80.5 Å². The molecule has 0 aromatic rings. The second kappa shape index (κ2) is 18.3. The number of hydrogen-bond donors (Lipinski definition) is 14. The molecule has 3 saturated heterocycles. The zero-order chi connectivity index (χ0) is 39.4. The van der Waals surface area contributed by atoms with E-state index in [1.807, 2.05) is 5.32 Å². The third kappa shape index (κ3) is 10.0. The Labute approximate surface area is 289 Å². The predicted octanol–water partition coefficient (Wildman–Crippen LogP) is -9.00. The van der Waals surface area contributed by atoms with Gasteiger partial charge in [-0.2, -0.15) is 0 Å². The summed E-state index contributed by atoms with van der Waals surface area (Å²) in [5.74, 6) is -5.41. The highest BCUT2D eigenvalue weighted by atomic mass is 16.8. The molecule has 3 aliphatic heterocycles. The standard InChI is InChI=1S/C27H44N2O22/c1-6(32)28-3-9(12(35)8(34)4-30)46-26-18(41)16(39)20(22(51-26)24(44)45)49-25-11(29-7(2)33)19(13(36)10(5-31)47-25)48-27-17(40)14(37)15(38)21(50-27)23(42)43/h8-22,25-27,30-31,34-41H,3-5H2,1-2H3,(H,28,32)(H,29,33)(H,42,43)(H,44,45)/t8?,9?,10?,11-,12+,13+,14?,15-,16?,17-,18-,19?,20-,21?,22?,25-,26+,27+/m0/s1/i3D/t3-,8?,9?,10?,11+,12-,13-,14?,15+,16?,17+,18+,19?,20+,21?,22?,25+,26-,27-/m1. The molecule has 8 unspecified atom stereocenters. The Morgan fingerprint density at radius 2 is 1.29 bits per heavy atom. The lowest BCUT2D eigenvalue weighted by Gasteiger charge is -2.49. The second-order valence-corrected chi connectivity index (χ2v) is 11.8. The van der Waals surface area contributed by atoms with Crippen molar-refractivity contribution in [2.75, 3.05) is 19.7 Å². The maximum Gasteiger partial charge on any atom is 0.335 e. The molecule has 19 atom stereocenters. The molecular formula is C27H44N2O22. The fraction of sp³-hybridized carbons (Fsp3) is 0.852. The van der Waals surface area contributed by atoms with E-state index in [0.29, 0.717) is 0 Å². The fourth-order valence-corrected chi connectivity index (χ4v) is 5.41. The number of carbonyl (C=O) groups excluding carboxylic acids is 2. The van der Waals surface area contributed by atoms with E-state index in [2.05, 4.69) is 5.32 Å². The normalized spacial score (nSPS) is 41.3. The van der Waals surface area contributed by atoms with Crippen LogP contribution in [-0.4, -0.2) is 215 Å². The number of rotatable bonds is 15. The maximum absolute atomic E-state index is 12.4. The lowest BCUT2D eigenvalue weighted by molar-refractivity contribution is -0.363. The van der Waals surface area contributed by atoms with Crippen LogP contribution in [0.25, 0.3) is 0 Å². The first-order valence-electron chi connectivity index (χ1n) is 15.8. The van der Waals surface area contributed by atoms with Crippen molar-refractivity contribution in [1.29, 1.82) is 0 Å². The van der Waals surface area contributed by atoms with Gasteiger partial charge < -0.3 is 100 Å². The van der Waals surface area contributed by atoms with Crippen molar-refractivity contribution in [3.63, 3.8) is 0 Å². The molecule has 51 heavy (non-hydrogen) atoms. The SMILES string of the molecule is [2H][C@@H](NC(C)=O)C(O[C@@H]1OC(C(=O)O)[C@@H](O[C@@H]2OC(CO)[C@@H](O)C(O[C@@H]3OC(C(=O)O)[C@@H](O)C(O)[C@@H]3O)[C@@H]2NC(C)=O)C(O)[C@@H]1O)[C@H](O)C(O)CO.